The van der Waals surface area contributed by atoms with Gasteiger partial charge in [-0.15, -0.1) is 0 Å². The molecule has 2 aromatic heterocycles. The van der Waals surface area contributed by atoms with Crippen LogP contribution >= 0.6 is 0 Å². The van der Waals surface area contributed by atoms with Crippen molar-refractivity contribution < 1.29 is 23.1 Å². The van der Waals surface area contributed by atoms with Gasteiger partial charge in [-0.25, -0.2) is 9.37 Å². The predicted molar refractivity (Wildman–Crippen MR) is 85.7 cm³/mol. The van der Waals surface area contributed by atoms with Gasteiger partial charge in [0, 0.05) is 25.9 Å². The van der Waals surface area contributed by atoms with E-state index in [-0.39, 0.29) is 29.9 Å². The van der Waals surface area contributed by atoms with Gasteiger partial charge in [-0.2, -0.15) is 0 Å². The number of nitrogens with zero attached hydrogens (tertiary/aromatic N) is 2. The van der Waals surface area contributed by atoms with Crippen LogP contribution in [0.1, 0.15) is 23.2 Å². The largest absolute Gasteiger partial charge is 0.475 e. The average molecular weight is 346 g/mol. The second kappa shape index (κ2) is 6.48. The van der Waals surface area contributed by atoms with E-state index >= 15 is 0 Å². The molecule has 7 heteroatoms. The van der Waals surface area contributed by atoms with E-state index in [0.717, 1.165) is 12.8 Å². The van der Waals surface area contributed by atoms with Gasteiger partial charge in [0.05, 0.1) is 30.0 Å². The standard InChI is InChI=1S/C18H19FN2O4/c19-14-2-1-6-20-16(14)25-12-18-5-9-24-15(18)3-7-21(11-18)17(22)13-4-8-23-10-13/h1-2,4,6,8,10,15H,3,5,7,9,11-12H2/t15-,18+/m0/s1. The number of aromatic nitrogens is 1. The van der Waals surface area contributed by atoms with Crippen LogP contribution in [-0.4, -0.2) is 48.2 Å². The molecule has 25 heavy (non-hydrogen) atoms. The molecule has 2 fully saturated rings. The number of piperidine rings is 1. The molecular weight excluding hydrogens is 327 g/mol. The van der Waals surface area contributed by atoms with Crippen LogP contribution in [0.4, 0.5) is 4.39 Å². The smallest absolute Gasteiger partial charge is 0.257 e. The molecule has 2 aliphatic rings. The lowest BCUT2D eigenvalue weighted by molar-refractivity contribution is -0.0337. The van der Waals surface area contributed by atoms with Gasteiger partial charge in [-0.05, 0) is 31.0 Å². The molecule has 0 bridgehead atoms. The molecule has 0 aromatic carbocycles. The van der Waals surface area contributed by atoms with E-state index in [1.807, 2.05) is 0 Å². The fourth-order valence-electron chi connectivity index (χ4n) is 3.69. The van der Waals surface area contributed by atoms with Crippen LogP contribution in [0.2, 0.25) is 0 Å². The molecule has 0 aliphatic carbocycles. The van der Waals surface area contributed by atoms with Gasteiger partial charge < -0.3 is 18.8 Å². The summed E-state index contributed by atoms with van der Waals surface area (Å²) in [6, 6.07) is 4.50. The number of carbonyl (C=O) groups is 1. The van der Waals surface area contributed by atoms with Crippen molar-refractivity contribution in [3.63, 3.8) is 0 Å². The zero-order valence-corrected chi connectivity index (χ0v) is 13.7. The minimum absolute atomic E-state index is 0.00710. The molecule has 2 aromatic rings. The first-order valence-corrected chi connectivity index (χ1v) is 8.34. The van der Waals surface area contributed by atoms with Gasteiger partial charge in [0.25, 0.3) is 5.91 Å². The maximum absolute atomic E-state index is 13.8. The molecule has 4 heterocycles. The van der Waals surface area contributed by atoms with Crippen molar-refractivity contribution in [3.8, 4) is 5.88 Å². The van der Waals surface area contributed by atoms with Gasteiger partial charge in [-0.1, -0.05) is 0 Å². The van der Waals surface area contributed by atoms with Crippen molar-refractivity contribution in [1.29, 1.82) is 0 Å². The SMILES string of the molecule is O=C(c1ccoc1)N1CC[C@@H]2OCC[C@]2(COc2ncccc2F)C1. The number of hydrogen-bond acceptors (Lipinski definition) is 5. The topological polar surface area (TPSA) is 64.8 Å². The van der Waals surface area contributed by atoms with Gasteiger partial charge in [0.1, 0.15) is 6.26 Å². The van der Waals surface area contributed by atoms with Crippen molar-refractivity contribution in [1.82, 2.24) is 9.88 Å². The zero-order valence-electron chi connectivity index (χ0n) is 13.7. The summed E-state index contributed by atoms with van der Waals surface area (Å²) in [6.07, 6.45) is 5.94. The minimum Gasteiger partial charge on any atom is -0.475 e. The number of furan rings is 1. The number of rotatable bonds is 4. The third-order valence-corrected chi connectivity index (χ3v) is 5.05. The fraction of sp³-hybridized carbons (Fsp3) is 0.444. The number of halogens is 1. The Labute approximate surface area is 144 Å². The highest BCUT2D eigenvalue weighted by atomic mass is 19.1. The van der Waals surface area contributed by atoms with Gasteiger partial charge >= 0.3 is 0 Å². The van der Waals surface area contributed by atoms with E-state index in [2.05, 4.69) is 4.98 Å². The van der Waals surface area contributed by atoms with E-state index in [0.29, 0.717) is 25.3 Å². The van der Waals surface area contributed by atoms with Gasteiger partial charge in [0.2, 0.25) is 5.88 Å². The Morgan fingerprint density at radius 2 is 2.40 bits per heavy atom. The van der Waals surface area contributed by atoms with Crippen LogP contribution < -0.4 is 4.74 Å². The number of fused-ring (bicyclic) bond motifs is 1. The van der Waals surface area contributed by atoms with Crippen LogP contribution in [0, 0.1) is 11.2 Å². The lowest BCUT2D eigenvalue weighted by Gasteiger charge is -2.43. The molecule has 2 saturated heterocycles. The Morgan fingerprint density at radius 3 is 3.20 bits per heavy atom. The molecule has 0 spiro atoms. The van der Waals surface area contributed by atoms with Crippen LogP contribution in [0.3, 0.4) is 0 Å². The van der Waals surface area contributed by atoms with E-state index in [9.17, 15) is 9.18 Å². The lowest BCUT2D eigenvalue weighted by Crippen LogP contribution is -2.54. The number of ether oxygens (including phenoxy) is 2. The Bertz CT molecular complexity index is 751. The highest BCUT2D eigenvalue weighted by molar-refractivity contribution is 5.93. The summed E-state index contributed by atoms with van der Waals surface area (Å²) in [5.74, 6) is -0.570. The molecule has 132 valence electrons. The molecule has 4 rings (SSSR count). The maximum atomic E-state index is 13.8. The first kappa shape index (κ1) is 16.1. The summed E-state index contributed by atoms with van der Waals surface area (Å²) in [5.41, 5.74) is 0.186. The first-order chi connectivity index (χ1) is 12.2. The third-order valence-electron chi connectivity index (χ3n) is 5.05. The highest BCUT2D eigenvalue weighted by Gasteiger charge is 2.49. The predicted octanol–water partition coefficient (Wildman–Crippen LogP) is 2.51. The summed E-state index contributed by atoms with van der Waals surface area (Å²) >= 11 is 0. The molecule has 0 saturated carbocycles. The van der Waals surface area contributed by atoms with Crippen molar-refractivity contribution >= 4 is 5.91 Å². The van der Waals surface area contributed by atoms with E-state index in [1.165, 1.54) is 30.9 Å². The number of amides is 1. The quantitative estimate of drug-likeness (QED) is 0.851. The highest BCUT2D eigenvalue weighted by Crippen LogP contribution is 2.41. The van der Waals surface area contributed by atoms with Crippen molar-refractivity contribution in [2.75, 3.05) is 26.3 Å². The lowest BCUT2D eigenvalue weighted by atomic mass is 9.77. The molecule has 2 atom stereocenters. The number of carbonyl (C=O) groups excluding carboxylic acids is 1. The van der Waals surface area contributed by atoms with Gasteiger partial charge in [-0.3, -0.25) is 4.79 Å². The van der Waals surface area contributed by atoms with Crippen LogP contribution in [0.15, 0.2) is 41.3 Å². The molecule has 0 unspecified atom stereocenters. The third kappa shape index (κ3) is 3.00. The molecule has 6 nitrogen and oxygen atoms in total. The van der Waals surface area contributed by atoms with Crippen molar-refractivity contribution in [3.05, 3.63) is 48.3 Å². The Balaban J connectivity index is 1.51. The van der Waals surface area contributed by atoms with E-state index in [1.54, 1.807) is 11.0 Å². The van der Waals surface area contributed by atoms with Crippen LogP contribution in [0.5, 0.6) is 5.88 Å². The minimum atomic E-state index is -0.489. The summed E-state index contributed by atoms with van der Waals surface area (Å²) in [5, 5.41) is 0. The molecular formula is C18H19FN2O4. The average Bonchev–Trinajstić information content (AvgIpc) is 3.30. The summed E-state index contributed by atoms with van der Waals surface area (Å²) in [6.45, 7) is 2.01. The molecule has 2 aliphatic heterocycles. The normalized spacial score (nSPS) is 25.6. The molecule has 0 N–H and O–H groups in total. The summed E-state index contributed by atoms with van der Waals surface area (Å²) in [4.78, 5) is 18.4. The zero-order chi connectivity index (χ0) is 17.3. The summed E-state index contributed by atoms with van der Waals surface area (Å²) in [7, 11) is 0. The maximum Gasteiger partial charge on any atom is 0.257 e. The number of hydrogen-bond donors (Lipinski definition) is 0. The molecule has 0 radical (unpaired) electrons. The second-order valence-corrected chi connectivity index (χ2v) is 6.58. The van der Waals surface area contributed by atoms with Crippen LogP contribution in [-0.2, 0) is 4.74 Å². The van der Waals surface area contributed by atoms with Crippen molar-refractivity contribution in [2.24, 2.45) is 5.41 Å². The van der Waals surface area contributed by atoms with Crippen LogP contribution in [0.25, 0.3) is 0 Å². The molecule has 1 amide bonds. The Morgan fingerprint density at radius 1 is 1.48 bits per heavy atom. The second-order valence-electron chi connectivity index (χ2n) is 6.58. The van der Waals surface area contributed by atoms with E-state index < -0.39 is 5.82 Å². The number of likely N-dealkylation sites (tertiary alicyclic amines) is 1. The first-order valence-electron chi connectivity index (χ1n) is 8.34. The Kier molecular flexibility index (Phi) is 4.17. The van der Waals surface area contributed by atoms with Gasteiger partial charge in [0.15, 0.2) is 5.82 Å². The Hall–Kier alpha value is -2.41. The monoisotopic (exact) mass is 346 g/mol. The summed E-state index contributed by atoms with van der Waals surface area (Å²) < 4.78 is 30.3. The number of pyridine rings is 1. The van der Waals surface area contributed by atoms with E-state index in [4.69, 9.17) is 13.9 Å². The van der Waals surface area contributed by atoms with Crippen molar-refractivity contribution in [2.45, 2.75) is 18.9 Å². The fourth-order valence-corrected chi connectivity index (χ4v) is 3.69.